The van der Waals surface area contributed by atoms with E-state index >= 15 is 0 Å². The van der Waals surface area contributed by atoms with Gasteiger partial charge in [-0.2, -0.15) is 0 Å². The van der Waals surface area contributed by atoms with E-state index in [2.05, 4.69) is 10.6 Å². The predicted octanol–water partition coefficient (Wildman–Crippen LogP) is 1.07. The first-order valence-electron chi connectivity index (χ1n) is 9.55. The Morgan fingerprint density at radius 2 is 1.70 bits per heavy atom. The normalized spacial score (nSPS) is 10.7. The summed E-state index contributed by atoms with van der Waals surface area (Å²) in [5.41, 5.74) is 7.21. The summed E-state index contributed by atoms with van der Waals surface area (Å²) >= 11 is 0. The van der Waals surface area contributed by atoms with Crippen LogP contribution >= 0.6 is 0 Å². The number of para-hydroxylation sites is 2. The summed E-state index contributed by atoms with van der Waals surface area (Å²) in [6.07, 6.45) is 0.0930. The molecule has 0 fully saturated rings. The van der Waals surface area contributed by atoms with E-state index in [1.807, 2.05) is 31.2 Å². The molecule has 0 radical (unpaired) electrons. The Kier molecular flexibility index (Phi) is 6.31. The van der Waals surface area contributed by atoms with Gasteiger partial charge < -0.3 is 16.4 Å². The molecule has 1 heterocycles. The zero-order valence-electron chi connectivity index (χ0n) is 16.6. The van der Waals surface area contributed by atoms with E-state index in [-0.39, 0.29) is 36.7 Å². The number of aromatic nitrogens is 2. The van der Waals surface area contributed by atoms with Crippen molar-refractivity contribution in [3.63, 3.8) is 0 Å². The highest BCUT2D eigenvalue weighted by atomic mass is 16.2. The zero-order chi connectivity index (χ0) is 21.7. The lowest BCUT2D eigenvalue weighted by Crippen LogP contribution is -2.33. The van der Waals surface area contributed by atoms with Crippen LogP contribution in [0.2, 0.25) is 0 Å². The minimum Gasteiger partial charge on any atom is -0.368 e. The fourth-order valence-corrected chi connectivity index (χ4v) is 3.24. The minimum atomic E-state index is -0.646. The highest BCUT2D eigenvalue weighted by Gasteiger charge is 2.13. The molecule has 3 rings (SSSR count). The monoisotopic (exact) mass is 409 g/mol. The quantitative estimate of drug-likeness (QED) is 0.514. The molecule has 0 unspecified atom stereocenters. The van der Waals surface area contributed by atoms with Gasteiger partial charge in [0.15, 0.2) is 0 Å². The topological polar surface area (TPSA) is 128 Å². The van der Waals surface area contributed by atoms with Crippen LogP contribution in [0.5, 0.6) is 0 Å². The van der Waals surface area contributed by atoms with Gasteiger partial charge in [0.2, 0.25) is 11.8 Å². The highest BCUT2D eigenvalue weighted by molar-refractivity contribution is 5.98. The van der Waals surface area contributed by atoms with Crippen LogP contribution in [0.4, 0.5) is 5.69 Å². The van der Waals surface area contributed by atoms with Gasteiger partial charge in [0.1, 0.15) is 0 Å². The number of aryl methyl sites for hydroxylation is 2. The molecule has 9 nitrogen and oxygen atoms in total. The van der Waals surface area contributed by atoms with Crippen LogP contribution in [-0.4, -0.2) is 33.4 Å². The number of benzene rings is 2. The number of amides is 3. The number of hydrogen-bond donors (Lipinski definition) is 3. The van der Waals surface area contributed by atoms with Gasteiger partial charge in [-0.1, -0.05) is 18.2 Å². The summed E-state index contributed by atoms with van der Waals surface area (Å²) in [5.74, 6) is -1.40. The molecule has 0 spiro atoms. The van der Waals surface area contributed by atoms with Gasteiger partial charge in [-0.3, -0.25) is 23.5 Å². The van der Waals surface area contributed by atoms with Gasteiger partial charge in [0, 0.05) is 30.8 Å². The van der Waals surface area contributed by atoms with Gasteiger partial charge >= 0.3 is 5.69 Å². The van der Waals surface area contributed by atoms with Crippen molar-refractivity contribution >= 4 is 34.4 Å². The Morgan fingerprint density at radius 1 is 1.00 bits per heavy atom. The molecule has 4 N–H and O–H groups in total. The highest BCUT2D eigenvalue weighted by Crippen LogP contribution is 2.14. The van der Waals surface area contributed by atoms with E-state index in [0.717, 1.165) is 11.0 Å². The van der Waals surface area contributed by atoms with Crippen molar-refractivity contribution in [1.29, 1.82) is 0 Å². The second kappa shape index (κ2) is 9.08. The van der Waals surface area contributed by atoms with Crippen LogP contribution in [0, 0.1) is 0 Å². The van der Waals surface area contributed by atoms with E-state index in [1.54, 1.807) is 27.3 Å². The molecule has 0 saturated heterocycles. The first kappa shape index (κ1) is 20.8. The zero-order valence-corrected chi connectivity index (χ0v) is 16.6. The second-order valence-corrected chi connectivity index (χ2v) is 6.70. The summed E-state index contributed by atoms with van der Waals surface area (Å²) in [5, 5.41) is 5.12. The molecule has 9 heteroatoms. The summed E-state index contributed by atoms with van der Waals surface area (Å²) < 4.78 is 3.26. The molecule has 0 aliphatic heterocycles. The van der Waals surface area contributed by atoms with Crippen molar-refractivity contribution < 1.29 is 14.4 Å². The smallest absolute Gasteiger partial charge is 0.329 e. The SMILES string of the molecule is CCn1c(=O)n(CCC(=O)Nc2cccc(C(=O)NCC(N)=O)c2)c2ccccc21. The molecular formula is C21H23N5O4. The molecule has 1 aromatic heterocycles. The molecular weight excluding hydrogens is 386 g/mol. The van der Waals surface area contributed by atoms with Crippen LogP contribution < -0.4 is 22.1 Å². The Bertz CT molecular complexity index is 1160. The maximum absolute atomic E-state index is 12.6. The minimum absolute atomic E-state index is 0.0930. The van der Waals surface area contributed by atoms with E-state index in [9.17, 15) is 19.2 Å². The fourth-order valence-electron chi connectivity index (χ4n) is 3.24. The number of primary amides is 1. The average Bonchev–Trinajstić information content (AvgIpc) is 3.01. The molecule has 3 aromatic rings. The lowest BCUT2D eigenvalue weighted by Gasteiger charge is -2.08. The molecule has 30 heavy (non-hydrogen) atoms. The standard InChI is InChI=1S/C21H23N5O4/c1-2-25-16-8-3-4-9-17(16)26(21(25)30)11-10-19(28)24-15-7-5-6-14(12-15)20(29)23-13-18(22)27/h3-9,12H,2,10-11,13H2,1H3,(H2,22,27)(H,23,29)(H,24,28). The van der Waals surface area contributed by atoms with Crippen molar-refractivity contribution in [2.75, 3.05) is 11.9 Å². The number of nitrogens with zero attached hydrogens (tertiary/aromatic N) is 2. The van der Waals surface area contributed by atoms with Crippen LogP contribution in [0.3, 0.4) is 0 Å². The lowest BCUT2D eigenvalue weighted by molar-refractivity contribution is -0.117. The van der Waals surface area contributed by atoms with Crippen molar-refractivity contribution in [3.05, 3.63) is 64.6 Å². The summed E-state index contributed by atoms with van der Waals surface area (Å²) in [7, 11) is 0. The average molecular weight is 409 g/mol. The molecule has 0 saturated carbocycles. The molecule has 0 atom stereocenters. The Labute approximate surface area is 172 Å². The van der Waals surface area contributed by atoms with E-state index in [4.69, 9.17) is 5.73 Å². The third-order valence-corrected chi connectivity index (χ3v) is 4.64. The van der Waals surface area contributed by atoms with E-state index in [0.29, 0.717) is 12.2 Å². The first-order valence-corrected chi connectivity index (χ1v) is 9.55. The largest absolute Gasteiger partial charge is 0.368 e. The van der Waals surface area contributed by atoms with E-state index < -0.39 is 11.8 Å². The van der Waals surface area contributed by atoms with Gasteiger partial charge in [0.05, 0.1) is 17.6 Å². The predicted molar refractivity (Wildman–Crippen MR) is 113 cm³/mol. The molecule has 2 aromatic carbocycles. The van der Waals surface area contributed by atoms with Crippen LogP contribution in [-0.2, 0) is 22.7 Å². The van der Waals surface area contributed by atoms with E-state index in [1.165, 1.54) is 6.07 Å². The molecule has 3 amide bonds. The summed E-state index contributed by atoms with van der Waals surface area (Å²) in [4.78, 5) is 47.9. The van der Waals surface area contributed by atoms with Crippen molar-refractivity contribution in [2.24, 2.45) is 5.73 Å². The lowest BCUT2D eigenvalue weighted by atomic mass is 10.2. The van der Waals surface area contributed by atoms with Gasteiger partial charge in [-0.05, 0) is 37.3 Å². The number of hydrogen-bond acceptors (Lipinski definition) is 4. The number of anilines is 1. The summed E-state index contributed by atoms with van der Waals surface area (Å²) in [6.45, 7) is 2.41. The fraction of sp³-hybridized carbons (Fsp3) is 0.238. The number of nitrogens with one attached hydrogen (secondary N) is 2. The van der Waals surface area contributed by atoms with Gasteiger partial charge in [-0.15, -0.1) is 0 Å². The second-order valence-electron chi connectivity index (χ2n) is 6.70. The Morgan fingerprint density at radius 3 is 2.37 bits per heavy atom. The van der Waals surface area contributed by atoms with Crippen LogP contribution in [0.1, 0.15) is 23.7 Å². The Hall–Kier alpha value is -3.88. The maximum Gasteiger partial charge on any atom is 0.329 e. The van der Waals surface area contributed by atoms with Crippen molar-refractivity contribution in [2.45, 2.75) is 26.4 Å². The molecule has 0 aliphatic carbocycles. The molecule has 0 bridgehead atoms. The number of imidazole rings is 1. The Balaban J connectivity index is 1.67. The van der Waals surface area contributed by atoms with Crippen LogP contribution in [0.25, 0.3) is 11.0 Å². The van der Waals surface area contributed by atoms with Crippen molar-refractivity contribution in [1.82, 2.24) is 14.5 Å². The number of nitrogens with two attached hydrogens (primary N) is 1. The first-order chi connectivity index (χ1) is 14.4. The van der Waals surface area contributed by atoms with Crippen LogP contribution in [0.15, 0.2) is 53.3 Å². The third kappa shape index (κ3) is 4.57. The molecule has 0 aliphatic rings. The van der Waals surface area contributed by atoms with Gasteiger partial charge in [-0.25, -0.2) is 4.79 Å². The summed E-state index contributed by atoms with van der Waals surface area (Å²) in [6, 6.07) is 13.8. The number of rotatable bonds is 8. The third-order valence-electron chi connectivity index (χ3n) is 4.64. The number of fused-ring (bicyclic) bond motifs is 1. The molecule has 156 valence electrons. The number of carbonyl (C=O) groups excluding carboxylic acids is 3. The van der Waals surface area contributed by atoms with Gasteiger partial charge in [0.25, 0.3) is 5.91 Å². The number of carbonyl (C=O) groups is 3. The van der Waals surface area contributed by atoms with Crippen molar-refractivity contribution in [3.8, 4) is 0 Å². The maximum atomic E-state index is 12.6.